The summed E-state index contributed by atoms with van der Waals surface area (Å²) in [5.41, 5.74) is 2.49. The number of nitrogens with one attached hydrogen (secondary N) is 2. The molecule has 0 aliphatic carbocycles. The van der Waals surface area contributed by atoms with E-state index in [1.54, 1.807) is 0 Å². The van der Waals surface area contributed by atoms with Crippen LogP contribution in [-0.2, 0) is 11.3 Å². The Morgan fingerprint density at radius 1 is 1.18 bits per heavy atom. The zero-order chi connectivity index (χ0) is 19.5. The first-order valence-corrected chi connectivity index (χ1v) is 10.3. The fourth-order valence-electron chi connectivity index (χ4n) is 3.21. The van der Waals surface area contributed by atoms with Crippen molar-refractivity contribution in [3.8, 4) is 0 Å². The second kappa shape index (κ2) is 13.8. The lowest BCUT2D eigenvalue weighted by molar-refractivity contribution is 0.0258. The topological polar surface area (TPSA) is 48.9 Å². The molecule has 0 fully saturated rings. The van der Waals surface area contributed by atoms with Crippen LogP contribution in [0.15, 0.2) is 41.4 Å². The highest BCUT2D eigenvalue weighted by Crippen LogP contribution is 2.19. The van der Waals surface area contributed by atoms with Gasteiger partial charge in [-0.05, 0) is 43.9 Å². The molecule has 1 aromatic carbocycles. The molecule has 1 heterocycles. The molecule has 1 atom stereocenters. The highest BCUT2D eigenvalue weighted by Gasteiger charge is 2.13. The number of hydrogen-bond donors (Lipinski definition) is 2. The van der Waals surface area contributed by atoms with Gasteiger partial charge in [-0.3, -0.25) is 0 Å². The molecular formula is C22H37IN4O. The standard InChI is InChI=1S/C22H36N4O.HI/c1-5-23-22(24-13-12-21(18(3)4)27-6-2)25-17-19-10-9-11-20(16-19)26-14-7-8-15-26;/h7-11,16,18,21H,5-6,12-15,17H2,1-4H3,(H2,23,24,25);1H. The highest BCUT2D eigenvalue weighted by molar-refractivity contribution is 14.0. The van der Waals surface area contributed by atoms with Crippen molar-refractivity contribution < 1.29 is 4.74 Å². The van der Waals surface area contributed by atoms with Crippen molar-refractivity contribution in [1.29, 1.82) is 0 Å². The summed E-state index contributed by atoms with van der Waals surface area (Å²) in [6.45, 7) is 13.7. The number of nitrogens with zero attached hydrogens (tertiary/aromatic N) is 2. The minimum Gasteiger partial charge on any atom is -0.378 e. The number of anilines is 1. The van der Waals surface area contributed by atoms with Gasteiger partial charge >= 0.3 is 0 Å². The van der Waals surface area contributed by atoms with Crippen molar-refractivity contribution in [3.63, 3.8) is 0 Å². The third kappa shape index (κ3) is 8.39. The minimum absolute atomic E-state index is 0. The van der Waals surface area contributed by atoms with E-state index in [1.165, 1.54) is 11.3 Å². The summed E-state index contributed by atoms with van der Waals surface area (Å²) in [7, 11) is 0. The van der Waals surface area contributed by atoms with E-state index in [0.29, 0.717) is 12.5 Å². The average Bonchev–Trinajstić information content (AvgIpc) is 3.20. The lowest BCUT2D eigenvalue weighted by Gasteiger charge is -2.21. The van der Waals surface area contributed by atoms with Crippen LogP contribution in [0.1, 0.15) is 39.7 Å². The van der Waals surface area contributed by atoms with Crippen molar-refractivity contribution in [2.75, 3.05) is 37.7 Å². The molecule has 0 aromatic heterocycles. The summed E-state index contributed by atoms with van der Waals surface area (Å²) in [5.74, 6) is 1.39. The molecule has 0 saturated carbocycles. The smallest absolute Gasteiger partial charge is 0.191 e. The van der Waals surface area contributed by atoms with Crippen LogP contribution in [0.4, 0.5) is 5.69 Å². The molecule has 1 aliphatic heterocycles. The fourth-order valence-corrected chi connectivity index (χ4v) is 3.21. The van der Waals surface area contributed by atoms with Gasteiger partial charge in [-0.25, -0.2) is 4.99 Å². The molecule has 0 saturated heterocycles. The van der Waals surface area contributed by atoms with Crippen LogP contribution in [0.3, 0.4) is 0 Å². The van der Waals surface area contributed by atoms with Crippen molar-refractivity contribution in [3.05, 3.63) is 42.0 Å². The fraction of sp³-hybridized carbons (Fsp3) is 0.591. The number of guanidine groups is 1. The van der Waals surface area contributed by atoms with Crippen LogP contribution < -0.4 is 15.5 Å². The summed E-state index contributed by atoms with van der Waals surface area (Å²) in [6, 6.07) is 8.67. The molecule has 1 aliphatic rings. The Balaban J connectivity index is 0.00000392. The Labute approximate surface area is 188 Å². The maximum absolute atomic E-state index is 5.83. The zero-order valence-corrected chi connectivity index (χ0v) is 20.1. The van der Waals surface area contributed by atoms with Crippen LogP contribution in [-0.4, -0.2) is 44.8 Å². The van der Waals surface area contributed by atoms with E-state index in [-0.39, 0.29) is 30.1 Å². The minimum atomic E-state index is 0. The van der Waals surface area contributed by atoms with E-state index >= 15 is 0 Å². The first-order valence-electron chi connectivity index (χ1n) is 10.3. The zero-order valence-electron chi connectivity index (χ0n) is 17.8. The van der Waals surface area contributed by atoms with E-state index in [4.69, 9.17) is 9.73 Å². The van der Waals surface area contributed by atoms with Crippen molar-refractivity contribution in [2.24, 2.45) is 10.9 Å². The number of ether oxygens (including phenoxy) is 1. The molecule has 1 unspecified atom stereocenters. The molecule has 158 valence electrons. The Hall–Kier alpha value is -1.28. The van der Waals surface area contributed by atoms with E-state index in [1.807, 2.05) is 0 Å². The van der Waals surface area contributed by atoms with Crippen LogP contribution >= 0.6 is 24.0 Å². The van der Waals surface area contributed by atoms with Crippen LogP contribution in [0.25, 0.3) is 0 Å². The number of aliphatic imine (C=N–C) groups is 1. The van der Waals surface area contributed by atoms with Gasteiger partial charge in [0.15, 0.2) is 5.96 Å². The Bertz CT molecular complexity index is 610. The van der Waals surface area contributed by atoms with Gasteiger partial charge in [0.2, 0.25) is 0 Å². The van der Waals surface area contributed by atoms with E-state index in [0.717, 1.165) is 45.2 Å². The molecule has 2 N–H and O–H groups in total. The number of benzene rings is 1. The predicted octanol–water partition coefficient (Wildman–Crippen LogP) is 4.19. The Morgan fingerprint density at radius 3 is 2.57 bits per heavy atom. The van der Waals surface area contributed by atoms with Gasteiger partial charge in [0.1, 0.15) is 0 Å². The van der Waals surface area contributed by atoms with Crippen molar-refractivity contribution in [1.82, 2.24) is 10.6 Å². The Kier molecular flexibility index (Phi) is 12.2. The quantitative estimate of drug-likeness (QED) is 0.219. The van der Waals surface area contributed by atoms with Gasteiger partial charge in [-0.15, -0.1) is 24.0 Å². The van der Waals surface area contributed by atoms with Gasteiger partial charge in [0.05, 0.1) is 12.6 Å². The Morgan fingerprint density at radius 2 is 1.93 bits per heavy atom. The molecule has 0 spiro atoms. The summed E-state index contributed by atoms with van der Waals surface area (Å²) >= 11 is 0. The van der Waals surface area contributed by atoms with Crippen molar-refractivity contribution >= 4 is 35.6 Å². The van der Waals surface area contributed by atoms with Crippen molar-refractivity contribution in [2.45, 2.75) is 46.8 Å². The van der Waals surface area contributed by atoms with Gasteiger partial charge in [0, 0.05) is 38.5 Å². The monoisotopic (exact) mass is 500 g/mol. The molecular weight excluding hydrogens is 463 g/mol. The number of halogens is 1. The lowest BCUT2D eigenvalue weighted by Crippen LogP contribution is -2.39. The maximum Gasteiger partial charge on any atom is 0.191 e. The SMILES string of the molecule is CCNC(=NCc1cccc(N2CC=CC2)c1)NCCC(OCC)C(C)C.I. The first-order chi connectivity index (χ1) is 13.1. The summed E-state index contributed by atoms with van der Waals surface area (Å²) in [5, 5.41) is 6.78. The molecule has 6 heteroatoms. The van der Waals surface area contributed by atoms with Gasteiger partial charge in [-0.1, -0.05) is 38.1 Å². The van der Waals surface area contributed by atoms with Crippen LogP contribution in [0.5, 0.6) is 0 Å². The van der Waals surface area contributed by atoms with E-state index in [2.05, 4.69) is 79.6 Å². The average molecular weight is 500 g/mol. The van der Waals surface area contributed by atoms with Crippen LogP contribution in [0, 0.1) is 5.92 Å². The number of rotatable bonds is 10. The summed E-state index contributed by atoms with van der Waals surface area (Å²) < 4.78 is 5.83. The molecule has 0 radical (unpaired) electrons. The predicted molar refractivity (Wildman–Crippen MR) is 131 cm³/mol. The summed E-state index contributed by atoms with van der Waals surface area (Å²) in [4.78, 5) is 7.12. The highest BCUT2D eigenvalue weighted by atomic mass is 127. The molecule has 0 amide bonds. The molecule has 1 aromatic rings. The second-order valence-corrected chi connectivity index (χ2v) is 7.19. The third-order valence-electron chi connectivity index (χ3n) is 4.70. The molecule has 28 heavy (non-hydrogen) atoms. The van der Waals surface area contributed by atoms with Gasteiger partial charge in [-0.2, -0.15) is 0 Å². The second-order valence-electron chi connectivity index (χ2n) is 7.19. The molecule has 2 rings (SSSR count). The lowest BCUT2D eigenvalue weighted by atomic mass is 10.0. The molecule has 5 nitrogen and oxygen atoms in total. The third-order valence-corrected chi connectivity index (χ3v) is 4.70. The van der Waals surface area contributed by atoms with E-state index in [9.17, 15) is 0 Å². The maximum atomic E-state index is 5.83. The van der Waals surface area contributed by atoms with Crippen LogP contribution in [0.2, 0.25) is 0 Å². The van der Waals surface area contributed by atoms with Gasteiger partial charge in [0.25, 0.3) is 0 Å². The van der Waals surface area contributed by atoms with Gasteiger partial charge < -0.3 is 20.3 Å². The first kappa shape index (κ1) is 24.8. The summed E-state index contributed by atoms with van der Waals surface area (Å²) in [6.07, 6.45) is 5.69. The number of hydrogen-bond acceptors (Lipinski definition) is 3. The largest absolute Gasteiger partial charge is 0.378 e. The van der Waals surface area contributed by atoms with E-state index < -0.39 is 0 Å². The normalized spacial score (nSPS) is 14.9. The molecule has 0 bridgehead atoms.